The Labute approximate surface area is 126 Å². The topological polar surface area (TPSA) is 34.2 Å². The number of nitrogens with zero attached hydrogens (tertiary/aromatic N) is 1. The molecule has 3 nitrogen and oxygen atoms in total. The lowest BCUT2D eigenvalue weighted by molar-refractivity contribution is 0.301. The first-order valence-corrected chi connectivity index (χ1v) is 7.55. The van der Waals surface area contributed by atoms with E-state index in [1.165, 1.54) is 18.2 Å². The summed E-state index contributed by atoms with van der Waals surface area (Å²) in [5.74, 6) is 0.0842. The van der Waals surface area contributed by atoms with E-state index >= 15 is 0 Å². The van der Waals surface area contributed by atoms with Gasteiger partial charge in [-0.3, -0.25) is 0 Å². The Kier molecular flexibility index (Phi) is 5.34. The molecule has 2 rings (SSSR count). The van der Waals surface area contributed by atoms with E-state index in [0.29, 0.717) is 18.4 Å². The monoisotopic (exact) mass is 314 g/mol. The summed E-state index contributed by atoms with van der Waals surface area (Å²) in [6, 6.07) is 4.50. The summed E-state index contributed by atoms with van der Waals surface area (Å²) in [4.78, 5) is 4.46. The number of nitrogens with one attached hydrogen (secondary N) is 1. The van der Waals surface area contributed by atoms with Gasteiger partial charge in [0.05, 0.1) is 10.7 Å². The Bertz CT molecular complexity index is 574. The molecule has 0 atom stereocenters. The van der Waals surface area contributed by atoms with E-state index < -0.39 is 0 Å². The number of rotatable bonds is 6. The average molecular weight is 315 g/mol. The molecule has 0 radical (unpaired) electrons. The molecule has 0 aliphatic heterocycles. The lowest BCUT2D eigenvalue weighted by Crippen LogP contribution is -2.21. The third-order valence-electron chi connectivity index (χ3n) is 2.53. The normalized spacial score (nSPS) is 11.1. The minimum atomic E-state index is -0.377. The Morgan fingerprint density at radius 3 is 2.95 bits per heavy atom. The van der Waals surface area contributed by atoms with Crippen molar-refractivity contribution in [1.29, 1.82) is 0 Å². The van der Waals surface area contributed by atoms with E-state index in [-0.39, 0.29) is 10.8 Å². The lowest BCUT2D eigenvalue weighted by atomic mass is 10.3. The second kappa shape index (κ2) is 7.02. The van der Waals surface area contributed by atoms with Gasteiger partial charge in [0.25, 0.3) is 0 Å². The number of ether oxygens (including phenoxy) is 1. The van der Waals surface area contributed by atoms with Gasteiger partial charge in [-0.15, -0.1) is 11.3 Å². The van der Waals surface area contributed by atoms with Gasteiger partial charge in [0.2, 0.25) is 0 Å². The van der Waals surface area contributed by atoms with Crippen LogP contribution >= 0.6 is 22.9 Å². The molecule has 0 spiro atoms. The molecule has 1 heterocycles. The van der Waals surface area contributed by atoms with Crippen LogP contribution in [0.5, 0.6) is 5.75 Å². The van der Waals surface area contributed by atoms with Crippen LogP contribution in [-0.4, -0.2) is 11.0 Å². The van der Waals surface area contributed by atoms with Gasteiger partial charge in [-0.1, -0.05) is 25.4 Å². The molecule has 0 amide bonds. The van der Waals surface area contributed by atoms with Crippen molar-refractivity contribution in [3.8, 4) is 5.75 Å². The van der Waals surface area contributed by atoms with Crippen molar-refractivity contribution < 1.29 is 9.13 Å². The Hall–Kier alpha value is -1.17. The van der Waals surface area contributed by atoms with Crippen molar-refractivity contribution in [3.63, 3.8) is 0 Å². The molecule has 20 heavy (non-hydrogen) atoms. The number of hydrogen-bond donors (Lipinski definition) is 1. The van der Waals surface area contributed by atoms with Crippen LogP contribution in [0.1, 0.15) is 24.5 Å². The van der Waals surface area contributed by atoms with Crippen molar-refractivity contribution in [2.75, 3.05) is 0 Å². The van der Waals surface area contributed by atoms with Gasteiger partial charge in [0.15, 0.2) is 0 Å². The Morgan fingerprint density at radius 2 is 2.25 bits per heavy atom. The van der Waals surface area contributed by atoms with Crippen LogP contribution < -0.4 is 10.1 Å². The summed E-state index contributed by atoms with van der Waals surface area (Å²) in [5, 5.41) is 6.54. The smallest absolute Gasteiger partial charge is 0.138 e. The number of benzene rings is 1. The predicted molar refractivity (Wildman–Crippen MR) is 79.8 cm³/mol. The molecule has 0 fully saturated rings. The van der Waals surface area contributed by atoms with Gasteiger partial charge >= 0.3 is 0 Å². The molecule has 0 bridgehead atoms. The van der Waals surface area contributed by atoms with Gasteiger partial charge in [0.1, 0.15) is 23.2 Å². The quantitative estimate of drug-likeness (QED) is 0.874. The first-order chi connectivity index (χ1) is 9.54. The van der Waals surface area contributed by atoms with Crippen LogP contribution in [0.25, 0.3) is 0 Å². The fourth-order valence-electron chi connectivity index (χ4n) is 1.53. The summed E-state index contributed by atoms with van der Waals surface area (Å²) in [7, 11) is 0. The van der Waals surface area contributed by atoms with Crippen LogP contribution in [-0.2, 0) is 13.2 Å². The fraction of sp³-hybridized carbons (Fsp3) is 0.357. The summed E-state index contributed by atoms with van der Waals surface area (Å²) < 4.78 is 18.4. The fourth-order valence-corrected chi connectivity index (χ4v) is 2.48. The van der Waals surface area contributed by atoms with Gasteiger partial charge in [-0.2, -0.15) is 0 Å². The molecule has 0 aliphatic rings. The molecule has 108 valence electrons. The Morgan fingerprint density at radius 1 is 1.45 bits per heavy atom. The third-order valence-corrected chi connectivity index (χ3v) is 3.72. The van der Waals surface area contributed by atoms with Crippen molar-refractivity contribution in [1.82, 2.24) is 10.3 Å². The highest BCUT2D eigenvalue weighted by atomic mass is 35.5. The second-order valence-electron chi connectivity index (χ2n) is 4.63. The first kappa shape index (κ1) is 15.2. The zero-order chi connectivity index (χ0) is 14.5. The minimum Gasteiger partial charge on any atom is -0.486 e. The van der Waals surface area contributed by atoms with Gasteiger partial charge in [-0.25, -0.2) is 9.37 Å². The molecule has 2 aromatic rings. The van der Waals surface area contributed by atoms with Crippen molar-refractivity contribution in [2.24, 2.45) is 0 Å². The SMILES string of the molecule is CC(C)NCc1nc(COc2ccc(F)cc2Cl)cs1. The van der Waals surface area contributed by atoms with E-state index in [1.54, 1.807) is 11.3 Å². The lowest BCUT2D eigenvalue weighted by Gasteiger charge is -2.06. The average Bonchev–Trinajstić information content (AvgIpc) is 2.83. The second-order valence-corrected chi connectivity index (χ2v) is 5.98. The van der Waals surface area contributed by atoms with Crippen molar-refractivity contribution in [2.45, 2.75) is 33.0 Å². The van der Waals surface area contributed by atoms with Gasteiger partial charge < -0.3 is 10.1 Å². The minimum absolute atomic E-state index is 0.266. The molecule has 1 aromatic heterocycles. The largest absolute Gasteiger partial charge is 0.486 e. The summed E-state index contributed by atoms with van der Waals surface area (Å²) in [5.41, 5.74) is 0.843. The summed E-state index contributed by atoms with van der Waals surface area (Å²) in [6.07, 6.45) is 0. The highest BCUT2D eigenvalue weighted by Gasteiger charge is 2.06. The maximum atomic E-state index is 12.9. The molecule has 0 aliphatic carbocycles. The van der Waals surface area contributed by atoms with Crippen molar-refractivity contribution >= 4 is 22.9 Å². The zero-order valence-electron chi connectivity index (χ0n) is 11.3. The van der Waals surface area contributed by atoms with E-state index in [4.69, 9.17) is 16.3 Å². The third kappa shape index (κ3) is 4.44. The summed E-state index contributed by atoms with van der Waals surface area (Å²) in [6.45, 7) is 5.26. The molecule has 0 saturated heterocycles. The number of thiazole rings is 1. The standard InChI is InChI=1S/C14H16ClFN2OS/c1-9(2)17-6-14-18-11(8-20-14)7-19-13-4-3-10(16)5-12(13)15/h3-5,8-9,17H,6-7H2,1-2H3. The highest BCUT2D eigenvalue weighted by Crippen LogP contribution is 2.25. The maximum absolute atomic E-state index is 12.9. The number of hydrogen-bond acceptors (Lipinski definition) is 4. The molecule has 1 N–H and O–H groups in total. The molecular weight excluding hydrogens is 299 g/mol. The van der Waals surface area contributed by atoms with E-state index in [1.807, 2.05) is 5.38 Å². The van der Waals surface area contributed by atoms with E-state index in [9.17, 15) is 4.39 Å². The van der Waals surface area contributed by atoms with Crippen LogP contribution in [0.3, 0.4) is 0 Å². The van der Waals surface area contributed by atoms with Crippen LogP contribution in [0.2, 0.25) is 5.02 Å². The first-order valence-electron chi connectivity index (χ1n) is 6.29. The molecule has 0 unspecified atom stereocenters. The summed E-state index contributed by atoms with van der Waals surface area (Å²) >= 11 is 7.48. The van der Waals surface area contributed by atoms with Crippen LogP contribution in [0.15, 0.2) is 23.6 Å². The zero-order valence-corrected chi connectivity index (χ0v) is 12.9. The van der Waals surface area contributed by atoms with Gasteiger partial charge in [-0.05, 0) is 18.2 Å². The van der Waals surface area contributed by atoms with Gasteiger partial charge in [0, 0.05) is 18.0 Å². The molecule has 6 heteroatoms. The molecular formula is C14H16ClFN2OS. The van der Waals surface area contributed by atoms with Crippen LogP contribution in [0, 0.1) is 5.82 Å². The Balaban J connectivity index is 1.90. The van der Waals surface area contributed by atoms with E-state index in [2.05, 4.69) is 24.1 Å². The highest BCUT2D eigenvalue weighted by molar-refractivity contribution is 7.09. The molecule has 1 aromatic carbocycles. The molecule has 0 saturated carbocycles. The van der Waals surface area contributed by atoms with Crippen molar-refractivity contribution in [3.05, 3.63) is 45.1 Å². The number of aromatic nitrogens is 1. The van der Waals surface area contributed by atoms with E-state index in [0.717, 1.165) is 17.2 Å². The maximum Gasteiger partial charge on any atom is 0.138 e. The number of halogens is 2. The predicted octanol–water partition coefficient (Wildman–Crippen LogP) is 4.01. The van der Waals surface area contributed by atoms with Crippen LogP contribution in [0.4, 0.5) is 4.39 Å².